The molecule has 1 aromatic carbocycles. The van der Waals surface area contributed by atoms with Gasteiger partial charge >= 0.3 is 0 Å². The normalized spacial score (nSPS) is 17.1. The molecule has 3 heteroatoms. The predicted octanol–water partition coefficient (Wildman–Crippen LogP) is 1.76. The maximum atomic E-state index is 12.6. The van der Waals surface area contributed by atoms with Crippen LogP contribution in [0.3, 0.4) is 0 Å². The Balaban J connectivity index is 2.95. The van der Waals surface area contributed by atoms with Gasteiger partial charge in [-0.15, -0.1) is 6.58 Å². The lowest BCUT2D eigenvalue weighted by Gasteiger charge is -2.26. The summed E-state index contributed by atoms with van der Waals surface area (Å²) < 4.78 is 12.6. The Hall–Kier alpha value is -1.19. The minimum atomic E-state index is -1.18. The molecule has 1 unspecified atom stereocenters. The van der Waals surface area contributed by atoms with E-state index in [2.05, 4.69) is 6.58 Å². The summed E-state index contributed by atoms with van der Waals surface area (Å²) in [6, 6.07) is 5.14. The fourth-order valence-electron chi connectivity index (χ4n) is 1.13. The highest BCUT2D eigenvalue weighted by atomic mass is 19.1. The molecule has 1 aromatic rings. The lowest BCUT2D eigenvalue weighted by molar-refractivity contribution is 0.0823. The number of aliphatic hydroxyl groups is 1. The van der Waals surface area contributed by atoms with Crippen LogP contribution in [-0.4, -0.2) is 10.7 Å². The summed E-state index contributed by atoms with van der Waals surface area (Å²) in [5, 5.41) is 9.78. The minimum absolute atomic E-state index is 0.320. The first-order valence-corrected chi connectivity index (χ1v) is 4.34. The van der Waals surface area contributed by atoms with Gasteiger partial charge in [-0.3, -0.25) is 0 Å². The maximum absolute atomic E-state index is 12.6. The first kappa shape index (κ1) is 10.9. The van der Waals surface area contributed by atoms with Gasteiger partial charge in [0.15, 0.2) is 0 Å². The Morgan fingerprint density at radius 3 is 2.43 bits per heavy atom. The van der Waals surface area contributed by atoms with Crippen LogP contribution in [0.1, 0.15) is 18.5 Å². The summed E-state index contributed by atoms with van der Waals surface area (Å²) >= 11 is 0. The fourth-order valence-corrected chi connectivity index (χ4v) is 1.13. The van der Waals surface area contributed by atoms with E-state index in [1.165, 1.54) is 18.2 Å². The molecule has 0 bridgehead atoms. The zero-order valence-corrected chi connectivity index (χ0v) is 8.07. The van der Waals surface area contributed by atoms with Crippen molar-refractivity contribution in [2.45, 2.75) is 18.6 Å². The zero-order chi connectivity index (χ0) is 10.8. The van der Waals surface area contributed by atoms with Crippen LogP contribution >= 0.6 is 0 Å². The first-order chi connectivity index (χ1) is 6.47. The molecule has 0 aliphatic carbocycles. The van der Waals surface area contributed by atoms with Crippen molar-refractivity contribution in [3.8, 4) is 0 Å². The van der Waals surface area contributed by atoms with Gasteiger partial charge in [-0.05, 0) is 24.6 Å². The number of hydrogen-bond donors (Lipinski definition) is 2. The van der Waals surface area contributed by atoms with Gasteiger partial charge in [0.05, 0.1) is 11.6 Å². The molecule has 0 heterocycles. The molecule has 0 aromatic heterocycles. The molecule has 2 atom stereocenters. The van der Waals surface area contributed by atoms with Gasteiger partial charge in [0.1, 0.15) is 5.82 Å². The molecule has 0 radical (unpaired) electrons. The van der Waals surface area contributed by atoms with Crippen LogP contribution in [-0.2, 0) is 0 Å². The number of nitrogens with two attached hydrogens (primary N) is 1. The Morgan fingerprint density at radius 1 is 1.50 bits per heavy atom. The Labute approximate surface area is 82.9 Å². The number of benzene rings is 1. The van der Waals surface area contributed by atoms with Crippen molar-refractivity contribution in [3.63, 3.8) is 0 Å². The van der Waals surface area contributed by atoms with E-state index in [0.29, 0.717) is 5.56 Å². The van der Waals surface area contributed by atoms with Crippen LogP contribution < -0.4 is 5.73 Å². The molecule has 0 fully saturated rings. The van der Waals surface area contributed by atoms with Crippen LogP contribution in [0.15, 0.2) is 36.9 Å². The van der Waals surface area contributed by atoms with E-state index < -0.39 is 11.6 Å². The molecule has 0 aliphatic rings. The Morgan fingerprint density at radius 2 is 2.00 bits per heavy atom. The van der Waals surface area contributed by atoms with Gasteiger partial charge < -0.3 is 10.8 Å². The van der Waals surface area contributed by atoms with Crippen molar-refractivity contribution in [1.29, 1.82) is 0 Å². The van der Waals surface area contributed by atoms with Crippen LogP contribution in [0.25, 0.3) is 0 Å². The third kappa shape index (κ3) is 2.19. The zero-order valence-electron chi connectivity index (χ0n) is 8.07. The van der Waals surface area contributed by atoms with Crippen molar-refractivity contribution in [1.82, 2.24) is 0 Å². The second-order valence-electron chi connectivity index (χ2n) is 3.46. The maximum Gasteiger partial charge on any atom is 0.123 e. The van der Waals surface area contributed by atoms with Crippen molar-refractivity contribution >= 4 is 0 Å². The van der Waals surface area contributed by atoms with Gasteiger partial charge in [0, 0.05) is 0 Å². The van der Waals surface area contributed by atoms with Gasteiger partial charge in [0.25, 0.3) is 0 Å². The number of rotatable bonds is 3. The quantitative estimate of drug-likeness (QED) is 0.722. The fraction of sp³-hybridized carbons (Fsp3) is 0.273. The summed E-state index contributed by atoms with van der Waals surface area (Å²) in [5.74, 6) is -0.320. The molecule has 0 saturated carbocycles. The molecule has 0 aliphatic heterocycles. The topological polar surface area (TPSA) is 46.2 Å². The Kier molecular flexibility index (Phi) is 3.03. The second-order valence-corrected chi connectivity index (χ2v) is 3.46. The van der Waals surface area contributed by atoms with Crippen LogP contribution in [0.2, 0.25) is 0 Å². The lowest BCUT2D eigenvalue weighted by Crippen LogP contribution is -2.36. The Bertz CT molecular complexity index is 319. The van der Waals surface area contributed by atoms with E-state index in [0.717, 1.165) is 0 Å². The standard InChI is InChI=1S/C11H14FNO/c1-3-11(2,14)10(13)8-4-6-9(12)7-5-8/h3-7,10,14H,1,13H2,2H3/t10-,11?/m1/s1. The van der Waals surface area contributed by atoms with E-state index in [1.54, 1.807) is 19.1 Å². The summed E-state index contributed by atoms with van der Waals surface area (Å²) in [4.78, 5) is 0. The van der Waals surface area contributed by atoms with Gasteiger partial charge in [-0.1, -0.05) is 18.2 Å². The molecule has 14 heavy (non-hydrogen) atoms. The second kappa shape index (κ2) is 3.90. The highest BCUT2D eigenvalue weighted by Gasteiger charge is 2.26. The first-order valence-electron chi connectivity index (χ1n) is 4.34. The molecule has 2 nitrogen and oxygen atoms in total. The number of halogens is 1. The number of hydrogen-bond acceptors (Lipinski definition) is 2. The molecular formula is C11H14FNO. The van der Waals surface area contributed by atoms with Crippen molar-refractivity contribution < 1.29 is 9.50 Å². The SMILES string of the molecule is C=CC(C)(O)[C@H](N)c1ccc(F)cc1. The molecule has 76 valence electrons. The van der Waals surface area contributed by atoms with E-state index >= 15 is 0 Å². The third-order valence-electron chi connectivity index (χ3n) is 2.27. The molecule has 0 saturated heterocycles. The predicted molar refractivity (Wildman–Crippen MR) is 54.1 cm³/mol. The van der Waals surface area contributed by atoms with Gasteiger partial charge in [0.2, 0.25) is 0 Å². The lowest BCUT2D eigenvalue weighted by atomic mass is 9.91. The highest BCUT2D eigenvalue weighted by Crippen LogP contribution is 2.24. The summed E-state index contributed by atoms with van der Waals surface area (Å²) in [6.45, 7) is 5.06. The van der Waals surface area contributed by atoms with Crippen molar-refractivity contribution in [2.24, 2.45) is 5.73 Å². The largest absolute Gasteiger partial charge is 0.384 e. The average molecular weight is 195 g/mol. The van der Waals surface area contributed by atoms with Crippen LogP contribution in [0.5, 0.6) is 0 Å². The molecular weight excluding hydrogens is 181 g/mol. The van der Waals surface area contributed by atoms with Gasteiger partial charge in [-0.25, -0.2) is 4.39 Å². The van der Waals surface area contributed by atoms with E-state index in [1.807, 2.05) is 0 Å². The molecule has 0 spiro atoms. The van der Waals surface area contributed by atoms with Gasteiger partial charge in [-0.2, -0.15) is 0 Å². The van der Waals surface area contributed by atoms with Crippen LogP contribution in [0, 0.1) is 5.82 Å². The van der Waals surface area contributed by atoms with Crippen molar-refractivity contribution in [2.75, 3.05) is 0 Å². The summed E-state index contributed by atoms with van der Waals surface area (Å²) in [5.41, 5.74) is 5.28. The third-order valence-corrected chi connectivity index (χ3v) is 2.27. The average Bonchev–Trinajstić information content (AvgIpc) is 2.18. The molecule has 3 N–H and O–H groups in total. The minimum Gasteiger partial charge on any atom is -0.384 e. The smallest absolute Gasteiger partial charge is 0.123 e. The summed E-state index contributed by atoms with van der Waals surface area (Å²) in [7, 11) is 0. The monoisotopic (exact) mass is 195 g/mol. The van der Waals surface area contributed by atoms with E-state index in [-0.39, 0.29) is 5.82 Å². The summed E-state index contributed by atoms with van der Waals surface area (Å²) in [6.07, 6.45) is 1.38. The van der Waals surface area contributed by atoms with Crippen LogP contribution in [0.4, 0.5) is 4.39 Å². The highest BCUT2D eigenvalue weighted by molar-refractivity contribution is 5.24. The molecule has 0 amide bonds. The van der Waals surface area contributed by atoms with E-state index in [9.17, 15) is 9.50 Å². The van der Waals surface area contributed by atoms with E-state index in [4.69, 9.17) is 5.73 Å². The van der Waals surface area contributed by atoms with Crippen molar-refractivity contribution in [3.05, 3.63) is 48.3 Å². The molecule has 1 rings (SSSR count).